The third-order valence-corrected chi connectivity index (χ3v) is 2.74. The lowest BCUT2D eigenvalue weighted by atomic mass is 10.2. The van der Waals surface area contributed by atoms with Gasteiger partial charge in [0.05, 0.1) is 0 Å². The Labute approximate surface area is 108 Å². The fourth-order valence-electron chi connectivity index (χ4n) is 1.34. The molecule has 1 aromatic rings. The summed E-state index contributed by atoms with van der Waals surface area (Å²) in [6.07, 6.45) is 0. The standard InChI is InChI=1S/C11H15Cl2N.ClH/c1-2-14(8-7-12)9-10-5-3-4-6-11(10)13;/h3-6H,2,7-9H2,1H3;1H. The van der Waals surface area contributed by atoms with E-state index in [1.807, 2.05) is 18.2 Å². The molecule has 0 spiro atoms. The molecular formula is C11H16Cl3N. The predicted molar refractivity (Wildman–Crippen MR) is 70.4 cm³/mol. The van der Waals surface area contributed by atoms with Crippen LogP contribution in [0, 0.1) is 0 Å². The van der Waals surface area contributed by atoms with Gasteiger partial charge in [-0.25, -0.2) is 0 Å². The van der Waals surface area contributed by atoms with Gasteiger partial charge in [0, 0.05) is 24.0 Å². The van der Waals surface area contributed by atoms with Crippen LogP contribution in [-0.2, 0) is 6.54 Å². The molecular weight excluding hydrogens is 252 g/mol. The Balaban J connectivity index is 0.00000196. The molecule has 0 radical (unpaired) electrons. The Kier molecular flexibility index (Phi) is 8.26. The van der Waals surface area contributed by atoms with Gasteiger partial charge >= 0.3 is 0 Å². The van der Waals surface area contributed by atoms with Gasteiger partial charge in [-0.15, -0.1) is 24.0 Å². The summed E-state index contributed by atoms with van der Waals surface area (Å²) in [6, 6.07) is 7.93. The number of hydrogen-bond acceptors (Lipinski definition) is 1. The maximum Gasteiger partial charge on any atom is 0.0451 e. The third kappa shape index (κ3) is 5.07. The first-order chi connectivity index (χ1) is 6.77. The Hall–Kier alpha value is 0.0500. The van der Waals surface area contributed by atoms with E-state index < -0.39 is 0 Å². The van der Waals surface area contributed by atoms with Gasteiger partial charge in [0.25, 0.3) is 0 Å². The van der Waals surface area contributed by atoms with Gasteiger partial charge < -0.3 is 0 Å². The molecule has 0 saturated heterocycles. The highest BCUT2D eigenvalue weighted by molar-refractivity contribution is 6.31. The van der Waals surface area contributed by atoms with Gasteiger partial charge in [-0.2, -0.15) is 0 Å². The summed E-state index contributed by atoms with van der Waals surface area (Å²) < 4.78 is 0. The Morgan fingerprint density at radius 1 is 1.27 bits per heavy atom. The van der Waals surface area contributed by atoms with Gasteiger partial charge in [-0.05, 0) is 18.2 Å². The molecule has 0 saturated carbocycles. The summed E-state index contributed by atoms with van der Waals surface area (Å²) in [5.74, 6) is 0.665. The van der Waals surface area contributed by atoms with Crippen LogP contribution in [0.4, 0.5) is 0 Å². The molecule has 1 nitrogen and oxygen atoms in total. The maximum absolute atomic E-state index is 6.07. The van der Waals surface area contributed by atoms with Gasteiger partial charge in [0.1, 0.15) is 0 Å². The molecule has 0 bridgehead atoms. The van der Waals surface area contributed by atoms with E-state index in [9.17, 15) is 0 Å². The van der Waals surface area contributed by atoms with Crippen LogP contribution in [0.15, 0.2) is 24.3 Å². The van der Waals surface area contributed by atoms with Crippen molar-refractivity contribution in [2.75, 3.05) is 19.0 Å². The second kappa shape index (κ2) is 8.23. The molecule has 0 aliphatic heterocycles. The van der Waals surface area contributed by atoms with E-state index in [-0.39, 0.29) is 12.4 Å². The SMILES string of the molecule is CCN(CCCl)Cc1ccccc1Cl.Cl. The van der Waals surface area contributed by atoms with Crippen LogP contribution in [0.2, 0.25) is 5.02 Å². The molecule has 1 aromatic carbocycles. The lowest BCUT2D eigenvalue weighted by Gasteiger charge is -2.19. The van der Waals surface area contributed by atoms with E-state index in [1.165, 1.54) is 5.56 Å². The number of rotatable bonds is 5. The average molecular weight is 269 g/mol. The summed E-state index contributed by atoms with van der Waals surface area (Å²) in [4.78, 5) is 2.27. The number of hydrogen-bond donors (Lipinski definition) is 0. The normalized spacial score (nSPS) is 10.1. The lowest BCUT2D eigenvalue weighted by Crippen LogP contribution is -2.25. The zero-order chi connectivity index (χ0) is 10.4. The van der Waals surface area contributed by atoms with Crippen molar-refractivity contribution >= 4 is 35.6 Å². The van der Waals surface area contributed by atoms with Crippen LogP contribution in [0.3, 0.4) is 0 Å². The van der Waals surface area contributed by atoms with Gasteiger partial charge in [0.2, 0.25) is 0 Å². The molecule has 4 heteroatoms. The van der Waals surface area contributed by atoms with Crippen molar-refractivity contribution in [3.05, 3.63) is 34.9 Å². The molecule has 0 fully saturated rings. The minimum Gasteiger partial charge on any atom is -0.298 e. The Bertz CT molecular complexity index is 278. The molecule has 0 unspecified atom stereocenters. The minimum absolute atomic E-state index is 0. The highest BCUT2D eigenvalue weighted by atomic mass is 35.5. The average Bonchev–Trinajstić information content (AvgIpc) is 2.20. The van der Waals surface area contributed by atoms with Crippen molar-refractivity contribution in [1.82, 2.24) is 4.90 Å². The minimum atomic E-state index is 0. The fraction of sp³-hybridized carbons (Fsp3) is 0.455. The number of alkyl halides is 1. The van der Waals surface area contributed by atoms with Crippen LogP contribution in [-0.4, -0.2) is 23.9 Å². The molecule has 15 heavy (non-hydrogen) atoms. The number of nitrogens with zero attached hydrogens (tertiary/aromatic N) is 1. The molecule has 0 N–H and O–H groups in total. The molecule has 0 aromatic heterocycles. The van der Waals surface area contributed by atoms with Crippen molar-refractivity contribution in [2.45, 2.75) is 13.5 Å². The smallest absolute Gasteiger partial charge is 0.0451 e. The maximum atomic E-state index is 6.07. The van der Waals surface area contributed by atoms with Crippen LogP contribution in [0.25, 0.3) is 0 Å². The van der Waals surface area contributed by atoms with Crippen LogP contribution >= 0.6 is 35.6 Å². The van der Waals surface area contributed by atoms with Crippen molar-refractivity contribution in [2.24, 2.45) is 0 Å². The first-order valence-corrected chi connectivity index (χ1v) is 5.71. The molecule has 1 rings (SSSR count). The molecule has 0 heterocycles. The van der Waals surface area contributed by atoms with Gasteiger partial charge in [0.15, 0.2) is 0 Å². The first kappa shape index (κ1) is 15.0. The second-order valence-corrected chi connectivity index (χ2v) is 3.93. The second-order valence-electron chi connectivity index (χ2n) is 3.15. The quantitative estimate of drug-likeness (QED) is 0.734. The summed E-state index contributed by atoms with van der Waals surface area (Å²) in [5, 5.41) is 0.834. The Morgan fingerprint density at radius 3 is 2.47 bits per heavy atom. The summed E-state index contributed by atoms with van der Waals surface area (Å²) in [7, 11) is 0. The summed E-state index contributed by atoms with van der Waals surface area (Å²) in [5.41, 5.74) is 1.17. The zero-order valence-electron chi connectivity index (χ0n) is 8.75. The first-order valence-electron chi connectivity index (χ1n) is 4.79. The topological polar surface area (TPSA) is 3.24 Å². The van der Waals surface area contributed by atoms with E-state index in [0.29, 0.717) is 5.88 Å². The monoisotopic (exact) mass is 267 g/mol. The summed E-state index contributed by atoms with van der Waals surface area (Å²) >= 11 is 11.8. The number of halogens is 3. The zero-order valence-corrected chi connectivity index (χ0v) is 11.1. The predicted octanol–water partition coefficient (Wildman–Crippen LogP) is 3.82. The van der Waals surface area contributed by atoms with E-state index in [0.717, 1.165) is 24.7 Å². The molecule has 0 amide bonds. The van der Waals surface area contributed by atoms with Gasteiger partial charge in [-0.3, -0.25) is 4.90 Å². The molecule has 0 aliphatic carbocycles. The van der Waals surface area contributed by atoms with Crippen LogP contribution < -0.4 is 0 Å². The fourth-order valence-corrected chi connectivity index (χ4v) is 1.77. The van der Waals surface area contributed by atoms with Crippen molar-refractivity contribution in [3.63, 3.8) is 0 Å². The Morgan fingerprint density at radius 2 is 1.93 bits per heavy atom. The highest BCUT2D eigenvalue weighted by Gasteiger charge is 2.05. The van der Waals surface area contributed by atoms with Gasteiger partial charge in [-0.1, -0.05) is 36.7 Å². The number of benzene rings is 1. The van der Waals surface area contributed by atoms with E-state index in [1.54, 1.807) is 0 Å². The largest absolute Gasteiger partial charge is 0.298 e. The van der Waals surface area contributed by atoms with Crippen molar-refractivity contribution < 1.29 is 0 Å². The summed E-state index contributed by atoms with van der Waals surface area (Å²) in [6.45, 7) is 4.91. The molecule has 0 aliphatic rings. The third-order valence-electron chi connectivity index (χ3n) is 2.20. The lowest BCUT2D eigenvalue weighted by molar-refractivity contribution is 0.297. The van der Waals surface area contributed by atoms with E-state index in [4.69, 9.17) is 23.2 Å². The molecule has 0 atom stereocenters. The van der Waals surface area contributed by atoms with Crippen LogP contribution in [0.5, 0.6) is 0 Å². The molecule has 86 valence electrons. The van der Waals surface area contributed by atoms with Crippen molar-refractivity contribution in [3.8, 4) is 0 Å². The highest BCUT2D eigenvalue weighted by Crippen LogP contribution is 2.16. The van der Waals surface area contributed by atoms with Crippen LogP contribution in [0.1, 0.15) is 12.5 Å². The van der Waals surface area contributed by atoms with E-state index >= 15 is 0 Å². The van der Waals surface area contributed by atoms with E-state index in [2.05, 4.69) is 17.9 Å². The van der Waals surface area contributed by atoms with Crippen molar-refractivity contribution in [1.29, 1.82) is 0 Å².